The van der Waals surface area contributed by atoms with Gasteiger partial charge in [-0.1, -0.05) is 36.4 Å². The Morgan fingerprint density at radius 1 is 0.895 bits per heavy atom. The summed E-state index contributed by atoms with van der Waals surface area (Å²) in [5, 5.41) is 2.43. The lowest BCUT2D eigenvalue weighted by atomic mass is 10.0. The third-order valence-corrected chi connectivity index (χ3v) is 3.32. The molecule has 3 rings (SSSR count). The molecule has 2 N–H and O–H groups in total. The third kappa shape index (κ3) is 2.03. The van der Waals surface area contributed by atoms with Gasteiger partial charge in [0.2, 0.25) is 0 Å². The molecule has 0 saturated heterocycles. The summed E-state index contributed by atoms with van der Waals surface area (Å²) in [5.74, 6) is 1.25. The maximum Gasteiger partial charge on any atom is 0.130 e. The lowest BCUT2D eigenvalue weighted by molar-refractivity contribution is 1.05. The fourth-order valence-corrected chi connectivity index (χ4v) is 2.27. The summed E-state index contributed by atoms with van der Waals surface area (Å²) in [6, 6.07) is 14.6. The van der Waals surface area contributed by atoms with Gasteiger partial charge < -0.3 is 5.73 Å². The van der Waals surface area contributed by atoms with Gasteiger partial charge in [0.25, 0.3) is 0 Å². The summed E-state index contributed by atoms with van der Waals surface area (Å²) < 4.78 is 0. The second-order valence-electron chi connectivity index (χ2n) is 4.69. The van der Waals surface area contributed by atoms with Gasteiger partial charge in [-0.3, -0.25) is 0 Å². The highest BCUT2D eigenvalue weighted by atomic mass is 14.9. The highest BCUT2D eigenvalue weighted by Crippen LogP contribution is 2.27. The zero-order chi connectivity index (χ0) is 13.4. The van der Waals surface area contributed by atoms with Crippen molar-refractivity contribution in [2.75, 3.05) is 5.73 Å². The van der Waals surface area contributed by atoms with Gasteiger partial charge in [0.15, 0.2) is 0 Å². The van der Waals surface area contributed by atoms with E-state index in [2.05, 4.69) is 40.3 Å². The summed E-state index contributed by atoms with van der Waals surface area (Å²) in [6.07, 6.45) is 0. The van der Waals surface area contributed by atoms with Gasteiger partial charge in [-0.25, -0.2) is 9.97 Å². The first kappa shape index (κ1) is 11.7. The zero-order valence-electron chi connectivity index (χ0n) is 11.0. The maximum atomic E-state index is 5.92. The monoisotopic (exact) mass is 249 g/mol. The summed E-state index contributed by atoms with van der Waals surface area (Å²) in [4.78, 5) is 8.71. The van der Waals surface area contributed by atoms with Gasteiger partial charge >= 0.3 is 0 Å². The minimum atomic E-state index is 0.552. The van der Waals surface area contributed by atoms with Crippen molar-refractivity contribution in [1.82, 2.24) is 9.97 Å². The summed E-state index contributed by atoms with van der Waals surface area (Å²) in [7, 11) is 0. The third-order valence-electron chi connectivity index (χ3n) is 3.32. The van der Waals surface area contributed by atoms with E-state index in [4.69, 9.17) is 5.73 Å². The van der Waals surface area contributed by atoms with Crippen molar-refractivity contribution in [2.24, 2.45) is 0 Å². The first-order valence-corrected chi connectivity index (χ1v) is 6.25. The van der Waals surface area contributed by atoms with Crippen molar-refractivity contribution in [3.63, 3.8) is 0 Å². The second-order valence-corrected chi connectivity index (χ2v) is 4.69. The van der Waals surface area contributed by atoms with Gasteiger partial charge in [-0.15, -0.1) is 0 Å². The van der Waals surface area contributed by atoms with Crippen molar-refractivity contribution in [2.45, 2.75) is 13.8 Å². The van der Waals surface area contributed by atoms with Gasteiger partial charge in [-0.2, -0.15) is 0 Å². The van der Waals surface area contributed by atoms with E-state index >= 15 is 0 Å². The van der Waals surface area contributed by atoms with Crippen LogP contribution in [0.5, 0.6) is 0 Å². The van der Waals surface area contributed by atoms with E-state index in [1.807, 2.05) is 26.0 Å². The molecule has 0 atom stereocenters. The molecule has 0 aliphatic carbocycles. The lowest BCUT2D eigenvalue weighted by Gasteiger charge is -2.09. The standard InChI is InChI=1S/C16H15N3/c1-10-15(18-11(2)19-16(10)17)14-8-7-12-5-3-4-6-13(12)9-14/h3-9H,1-2H3,(H2,17,18,19). The molecule has 2 aromatic carbocycles. The predicted molar refractivity (Wildman–Crippen MR) is 78.9 cm³/mol. The van der Waals surface area contributed by atoms with Crippen LogP contribution in [0, 0.1) is 13.8 Å². The molecule has 94 valence electrons. The number of benzene rings is 2. The quantitative estimate of drug-likeness (QED) is 0.718. The highest BCUT2D eigenvalue weighted by molar-refractivity contribution is 5.87. The number of aromatic nitrogens is 2. The van der Waals surface area contributed by atoms with Gasteiger partial charge in [0, 0.05) is 11.1 Å². The van der Waals surface area contributed by atoms with Crippen LogP contribution in [0.25, 0.3) is 22.0 Å². The molecular formula is C16H15N3. The number of hydrogen-bond acceptors (Lipinski definition) is 3. The molecule has 1 aromatic heterocycles. The SMILES string of the molecule is Cc1nc(N)c(C)c(-c2ccc3ccccc3c2)n1. The molecule has 0 spiro atoms. The zero-order valence-corrected chi connectivity index (χ0v) is 11.0. The van der Waals surface area contributed by atoms with E-state index in [9.17, 15) is 0 Å². The van der Waals surface area contributed by atoms with E-state index in [0.29, 0.717) is 11.6 Å². The number of fused-ring (bicyclic) bond motifs is 1. The van der Waals surface area contributed by atoms with E-state index in [1.165, 1.54) is 10.8 Å². The Morgan fingerprint density at radius 3 is 2.42 bits per heavy atom. The lowest BCUT2D eigenvalue weighted by Crippen LogP contribution is -2.02. The molecule has 0 bridgehead atoms. The van der Waals surface area contributed by atoms with Crippen LogP contribution in [-0.2, 0) is 0 Å². The molecule has 1 heterocycles. The van der Waals surface area contributed by atoms with Crippen LogP contribution in [0.2, 0.25) is 0 Å². The topological polar surface area (TPSA) is 51.8 Å². The Morgan fingerprint density at radius 2 is 1.63 bits per heavy atom. The second kappa shape index (κ2) is 4.35. The maximum absolute atomic E-state index is 5.92. The van der Waals surface area contributed by atoms with Gasteiger partial charge in [-0.05, 0) is 30.7 Å². The smallest absolute Gasteiger partial charge is 0.130 e. The number of anilines is 1. The molecule has 3 aromatic rings. The number of nitrogens with zero attached hydrogens (tertiary/aromatic N) is 2. The predicted octanol–water partition coefficient (Wildman–Crippen LogP) is 3.50. The minimum Gasteiger partial charge on any atom is -0.383 e. The first-order valence-electron chi connectivity index (χ1n) is 6.25. The number of rotatable bonds is 1. The van der Waals surface area contributed by atoms with E-state index < -0.39 is 0 Å². The largest absolute Gasteiger partial charge is 0.383 e. The molecule has 0 aliphatic rings. The summed E-state index contributed by atoms with van der Waals surface area (Å²) in [6.45, 7) is 3.82. The summed E-state index contributed by atoms with van der Waals surface area (Å²) in [5.41, 5.74) is 8.84. The molecule has 0 saturated carbocycles. The Bertz CT molecular complexity index is 763. The molecule has 0 radical (unpaired) electrons. The molecule has 3 nitrogen and oxygen atoms in total. The Kier molecular flexibility index (Phi) is 2.67. The van der Waals surface area contributed by atoms with Crippen molar-refractivity contribution >= 4 is 16.6 Å². The average Bonchev–Trinajstić information content (AvgIpc) is 2.42. The molecule has 0 aliphatic heterocycles. The van der Waals surface area contributed by atoms with Gasteiger partial charge in [0.1, 0.15) is 11.6 Å². The molecule has 0 amide bonds. The Labute approximate surface area is 112 Å². The normalized spacial score (nSPS) is 10.8. The van der Waals surface area contributed by atoms with Crippen LogP contribution in [0.15, 0.2) is 42.5 Å². The average molecular weight is 249 g/mol. The molecular weight excluding hydrogens is 234 g/mol. The molecule has 19 heavy (non-hydrogen) atoms. The highest BCUT2D eigenvalue weighted by Gasteiger charge is 2.09. The molecule has 0 unspecified atom stereocenters. The van der Waals surface area contributed by atoms with Crippen molar-refractivity contribution in [3.8, 4) is 11.3 Å². The van der Waals surface area contributed by atoms with Crippen molar-refractivity contribution < 1.29 is 0 Å². The van der Waals surface area contributed by atoms with Crippen LogP contribution < -0.4 is 5.73 Å². The van der Waals surface area contributed by atoms with Crippen molar-refractivity contribution in [1.29, 1.82) is 0 Å². The first-order chi connectivity index (χ1) is 9.15. The Balaban J connectivity index is 2.24. The fourth-order valence-electron chi connectivity index (χ4n) is 2.27. The minimum absolute atomic E-state index is 0.552. The van der Waals surface area contributed by atoms with Crippen molar-refractivity contribution in [3.05, 3.63) is 53.9 Å². The fraction of sp³-hybridized carbons (Fsp3) is 0.125. The van der Waals surface area contributed by atoms with Crippen LogP contribution in [-0.4, -0.2) is 9.97 Å². The number of nitrogens with two attached hydrogens (primary N) is 1. The number of aryl methyl sites for hydroxylation is 1. The van der Waals surface area contributed by atoms with E-state index in [-0.39, 0.29) is 0 Å². The van der Waals surface area contributed by atoms with Gasteiger partial charge in [0.05, 0.1) is 5.69 Å². The number of nitrogen functional groups attached to an aromatic ring is 1. The molecule has 0 fully saturated rings. The van der Waals surface area contributed by atoms with Crippen LogP contribution >= 0.6 is 0 Å². The van der Waals surface area contributed by atoms with E-state index in [0.717, 1.165) is 16.8 Å². The van der Waals surface area contributed by atoms with Crippen LogP contribution in [0.3, 0.4) is 0 Å². The van der Waals surface area contributed by atoms with Crippen LogP contribution in [0.1, 0.15) is 11.4 Å². The number of hydrogen-bond donors (Lipinski definition) is 1. The Hall–Kier alpha value is -2.42. The van der Waals surface area contributed by atoms with Crippen LogP contribution in [0.4, 0.5) is 5.82 Å². The van der Waals surface area contributed by atoms with E-state index in [1.54, 1.807) is 0 Å². The summed E-state index contributed by atoms with van der Waals surface area (Å²) >= 11 is 0. The molecule has 3 heteroatoms.